The van der Waals surface area contributed by atoms with E-state index < -0.39 is 24.1 Å². The van der Waals surface area contributed by atoms with Gasteiger partial charge in [-0.2, -0.15) is 18.3 Å². The van der Waals surface area contributed by atoms with Crippen molar-refractivity contribution >= 4 is 17.6 Å². The molecule has 0 aliphatic heterocycles. The molecule has 10 heteroatoms. The van der Waals surface area contributed by atoms with Gasteiger partial charge in [-0.1, -0.05) is 11.9 Å². The van der Waals surface area contributed by atoms with E-state index in [0.717, 1.165) is 12.3 Å². The number of halogens is 4. The van der Waals surface area contributed by atoms with E-state index in [0.29, 0.717) is 21.4 Å². The van der Waals surface area contributed by atoms with Crippen LogP contribution in [0.2, 0.25) is 0 Å². The van der Waals surface area contributed by atoms with Gasteiger partial charge in [-0.15, -0.1) is 0 Å². The summed E-state index contributed by atoms with van der Waals surface area (Å²) in [5.41, 5.74) is 0.848. The van der Waals surface area contributed by atoms with Crippen molar-refractivity contribution < 1.29 is 17.6 Å². The van der Waals surface area contributed by atoms with E-state index in [9.17, 15) is 22.4 Å². The van der Waals surface area contributed by atoms with Gasteiger partial charge in [0, 0.05) is 41.5 Å². The molecule has 0 saturated heterocycles. The Hall–Kier alpha value is -2.75. The summed E-state index contributed by atoms with van der Waals surface area (Å²) in [6, 6.07) is 7.02. The number of aromatic nitrogens is 3. The van der Waals surface area contributed by atoms with E-state index in [2.05, 4.69) is 9.82 Å². The first-order valence-electron chi connectivity index (χ1n) is 7.68. The molecule has 1 aromatic carbocycles. The van der Waals surface area contributed by atoms with Crippen LogP contribution in [-0.2, 0) is 6.54 Å². The van der Waals surface area contributed by atoms with Gasteiger partial charge in [0.25, 0.3) is 5.56 Å². The van der Waals surface area contributed by atoms with Crippen LogP contribution >= 0.6 is 11.9 Å². The van der Waals surface area contributed by atoms with Crippen molar-refractivity contribution in [1.29, 1.82) is 0 Å². The third kappa shape index (κ3) is 4.51. The molecule has 2 aromatic heterocycles. The largest absolute Gasteiger partial charge is 0.406 e. The first-order chi connectivity index (χ1) is 12.8. The second-order valence-corrected chi connectivity index (χ2v) is 6.26. The summed E-state index contributed by atoms with van der Waals surface area (Å²) in [6.45, 7) is -1.40. The standard InChI is InChI=1S/C17H14F4N4OS/c1-27-23-12-2-4-14(15(18)6-12)11-7-22-25(8-11)13-3-5-16(26)24(9-13)10-17(19,20)21/h2-9,23H,10H2,1H3. The molecule has 2 heterocycles. The quantitative estimate of drug-likeness (QED) is 0.520. The summed E-state index contributed by atoms with van der Waals surface area (Å²) in [5, 5.41) is 4.06. The Morgan fingerprint density at radius 2 is 1.96 bits per heavy atom. The number of nitrogens with one attached hydrogen (secondary N) is 1. The van der Waals surface area contributed by atoms with Crippen molar-refractivity contribution in [3.05, 3.63) is 65.1 Å². The smallest absolute Gasteiger partial charge is 0.330 e. The molecule has 5 nitrogen and oxygen atoms in total. The first-order valence-corrected chi connectivity index (χ1v) is 8.90. The lowest BCUT2D eigenvalue weighted by Crippen LogP contribution is -2.27. The van der Waals surface area contributed by atoms with Crippen LogP contribution in [0.15, 0.2) is 53.7 Å². The van der Waals surface area contributed by atoms with Crippen LogP contribution in [0, 0.1) is 5.82 Å². The summed E-state index contributed by atoms with van der Waals surface area (Å²) < 4.78 is 56.8. The Labute approximate surface area is 155 Å². The van der Waals surface area contributed by atoms with Crippen LogP contribution in [0.3, 0.4) is 0 Å². The highest BCUT2D eigenvalue weighted by atomic mass is 32.2. The van der Waals surface area contributed by atoms with E-state index in [1.54, 1.807) is 12.1 Å². The number of pyridine rings is 1. The minimum atomic E-state index is -4.52. The SMILES string of the molecule is CSNc1ccc(-c2cnn(-c3ccc(=O)n(CC(F)(F)F)c3)c2)c(F)c1. The molecular weight excluding hydrogens is 384 g/mol. The Balaban J connectivity index is 1.92. The molecule has 0 bridgehead atoms. The average Bonchev–Trinajstić information content (AvgIpc) is 3.06. The van der Waals surface area contributed by atoms with Gasteiger partial charge >= 0.3 is 6.18 Å². The molecule has 0 radical (unpaired) electrons. The predicted molar refractivity (Wildman–Crippen MR) is 96.4 cm³/mol. The van der Waals surface area contributed by atoms with Crippen molar-refractivity contribution in [2.75, 3.05) is 11.0 Å². The number of hydrogen-bond acceptors (Lipinski definition) is 4. The minimum Gasteiger partial charge on any atom is -0.330 e. The van der Waals surface area contributed by atoms with Gasteiger partial charge in [0.15, 0.2) is 0 Å². The zero-order valence-corrected chi connectivity index (χ0v) is 14.8. The molecule has 0 aliphatic rings. The van der Waals surface area contributed by atoms with Gasteiger partial charge in [0.2, 0.25) is 0 Å². The van der Waals surface area contributed by atoms with Crippen molar-refractivity contribution in [1.82, 2.24) is 14.3 Å². The fourth-order valence-corrected chi connectivity index (χ4v) is 2.87. The lowest BCUT2D eigenvalue weighted by atomic mass is 10.1. The summed E-state index contributed by atoms with van der Waals surface area (Å²) >= 11 is 1.33. The molecule has 1 N–H and O–H groups in total. The molecule has 0 fully saturated rings. The normalized spacial score (nSPS) is 11.6. The monoisotopic (exact) mass is 398 g/mol. The van der Waals surface area contributed by atoms with Gasteiger partial charge < -0.3 is 9.29 Å². The zero-order chi connectivity index (χ0) is 19.6. The lowest BCUT2D eigenvalue weighted by molar-refractivity contribution is -0.141. The number of hydrogen-bond donors (Lipinski definition) is 1. The Kier molecular flexibility index (Phi) is 5.26. The molecule has 0 spiro atoms. The Morgan fingerprint density at radius 3 is 2.63 bits per heavy atom. The van der Waals surface area contributed by atoms with Gasteiger partial charge in [-0.25, -0.2) is 9.07 Å². The summed E-state index contributed by atoms with van der Waals surface area (Å²) in [5.74, 6) is -0.462. The van der Waals surface area contributed by atoms with Crippen LogP contribution in [0.25, 0.3) is 16.8 Å². The van der Waals surface area contributed by atoms with Gasteiger partial charge in [0.1, 0.15) is 12.4 Å². The maximum Gasteiger partial charge on any atom is 0.406 e. The zero-order valence-electron chi connectivity index (χ0n) is 14.0. The van der Waals surface area contributed by atoms with Crippen LogP contribution in [-0.4, -0.2) is 26.8 Å². The van der Waals surface area contributed by atoms with Crippen LogP contribution in [0.4, 0.5) is 23.2 Å². The molecule has 3 aromatic rings. The third-order valence-electron chi connectivity index (χ3n) is 3.66. The maximum absolute atomic E-state index is 14.3. The maximum atomic E-state index is 14.3. The number of alkyl halides is 3. The van der Waals surface area contributed by atoms with Gasteiger partial charge in [0.05, 0.1) is 11.9 Å². The third-order valence-corrected chi connectivity index (χ3v) is 4.10. The van der Waals surface area contributed by atoms with Crippen LogP contribution in [0.1, 0.15) is 0 Å². The second-order valence-electron chi connectivity index (χ2n) is 5.64. The van der Waals surface area contributed by atoms with Gasteiger partial charge in [-0.3, -0.25) is 4.79 Å². The van der Waals surface area contributed by atoms with E-state index in [1.807, 2.05) is 6.26 Å². The van der Waals surface area contributed by atoms with Crippen molar-refractivity contribution in [3.63, 3.8) is 0 Å². The van der Waals surface area contributed by atoms with E-state index >= 15 is 0 Å². The molecule has 0 amide bonds. The first kappa shape index (κ1) is 19.0. The second kappa shape index (κ2) is 7.47. The summed E-state index contributed by atoms with van der Waals surface area (Å²) in [4.78, 5) is 11.6. The molecule has 3 rings (SSSR count). The summed E-state index contributed by atoms with van der Waals surface area (Å²) in [7, 11) is 0. The van der Waals surface area contributed by atoms with Crippen molar-refractivity contribution in [2.24, 2.45) is 0 Å². The van der Waals surface area contributed by atoms with Crippen molar-refractivity contribution in [3.8, 4) is 16.8 Å². The average molecular weight is 398 g/mol. The lowest BCUT2D eigenvalue weighted by Gasteiger charge is -2.10. The molecule has 0 saturated carbocycles. The molecular formula is C17H14F4N4OS. The highest BCUT2D eigenvalue weighted by Gasteiger charge is 2.28. The number of benzene rings is 1. The highest BCUT2D eigenvalue weighted by Crippen LogP contribution is 2.26. The molecule has 0 aliphatic carbocycles. The van der Waals surface area contributed by atoms with E-state index in [1.165, 1.54) is 41.2 Å². The summed E-state index contributed by atoms with van der Waals surface area (Å²) in [6.07, 6.45) is 1.24. The fraction of sp³-hybridized carbons (Fsp3) is 0.176. The topological polar surface area (TPSA) is 51.9 Å². The minimum absolute atomic E-state index is 0.256. The Bertz CT molecular complexity index is 1010. The van der Waals surface area contributed by atoms with Crippen LogP contribution < -0.4 is 10.3 Å². The number of anilines is 1. The molecule has 0 unspecified atom stereocenters. The van der Waals surface area contributed by atoms with E-state index in [4.69, 9.17) is 0 Å². The van der Waals surface area contributed by atoms with Crippen molar-refractivity contribution in [2.45, 2.75) is 12.7 Å². The predicted octanol–water partition coefficient (Wildman–Crippen LogP) is 4.09. The van der Waals surface area contributed by atoms with E-state index in [-0.39, 0.29) is 5.69 Å². The Morgan fingerprint density at radius 1 is 1.19 bits per heavy atom. The highest BCUT2D eigenvalue weighted by molar-refractivity contribution is 7.99. The molecule has 0 atom stereocenters. The number of rotatable bonds is 5. The molecule has 142 valence electrons. The fourth-order valence-electron chi connectivity index (χ4n) is 2.50. The number of nitrogens with zero attached hydrogens (tertiary/aromatic N) is 3. The molecule has 27 heavy (non-hydrogen) atoms. The van der Waals surface area contributed by atoms with Crippen LogP contribution in [0.5, 0.6) is 0 Å². The van der Waals surface area contributed by atoms with Gasteiger partial charge in [-0.05, 0) is 24.3 Å².